The van der Waals surface area contributed by atoms with E-state index in [0.29, 0.717) is 6.04 Å². The van der Waals surface area contributed by atoms with Crippen LogP contribution in [0.15, 0.2) is 29.6 Å². The zero-order valence-corrected chi connectivity index (χ0v) is 11.7. The molecule has 1 aliphatic carbocycles. The highest BCUT2D eigenvalue weighted by Crippen LogP contribution is 2.39. The first kappa shape index (κ1) is 11.5. The quantitative estimate of drug-likeness (QED) is 0.805. The smallest absolute Gasteiger partial charge is 0.0357 e. The fourth-order valence-corrected chi connectivity index (χ4v) is 4.42. The van der Waals surface area contributed by atoms with Crippen molar-refractivity contribution in [3.8, 4) is 0 Å². The van der Waals surface area contributed by atoms with Gasteiger partial charge in [0, 0.05) is 29.7 Å². The minimum atomic E-state index is 0.601. The number of aryl methyl sites for hydroxylation is 1. The highest BCUT2D eigenvalue weighted by atomic mass is 32.1. The highest BCUT2D eigenvalue weighted by molar-refractivity contribution is 7.10. The lowest BCUT2D eigenvalue weighted by Crippen LogP contribution is -2.32. The molecule has 2 N–H and O–H groups in total. The molecular weight excluding hydrogens is 252 g/mol. The second-order valence-electron chi connectivity index (χ2n) is 5.60. The van der Waals surface area contributed by atoms with Gasteiger partial charge in [-0.25, -0.2) is 0 Å². The van der Waals surface area contributed by atoms with Crippen LogP contribution in [-0.2, 0) is 19.4 Å². The summed E-state index contributed by atoms with van der Waals surface area (Å²) in [7, 11) is 0. The summed E-state index contributed by atoms with van der Waals surface area (Å²) in [6.45, 7) is 2.31. The molecular formula is C16H18N2S. The van der Waals surface area contributed by atoms with E-state index in [4.69, 9.17) is 5.73 Å². The minimum Gasteiger partial charge on any atom is -0.399 e. The summed E-state index contributed by atoms with van der Waals surface area (Å²) in [6, 6.07) is 9.35. The van der Waals surface area contributed by atoms with E-state index in [1.54, 1.807) is 10.4 Å². The van der Waals surface area contributed by atoms with Crippen LogP contribution in [0.2, 0.25) is 0 Å². The number of benzene rings is 1. The Morgan fingerprint density at radius 1 is 1.16 bits per heavy atom. The first-order valence-electron chi connectivity index (χ1n) is 6.99. The van der Waals surface area contributed by atoms with Gasteiger partial charge < -0.3 is 5.73 Å². The van der Waals surface area contributed by atoms with Crippen molar-refractivity contribution in [2.24, 2.45) is 0 Å². The Kier molecular flexibility index (Phi) is 2.64. The van der Waals surface area contributed by atoms with Crippen LogP contribution in [-0.4, -0.2) is 11.4 Å². The lowest BCUT2D eigenvalue weighted by Gasteiger charge is -2.32. The van der Waals surface area contributed by atoms with Crippen LogP contribution in [0.5, 0.6) is 0 Å². The van der Waals surface area contributed by atoms with E-state index in [9.17, 15) is 0 Å². The average Bonchev–Trinajstić information content (AvgIpc) is 3.02. The average molecular weight is 270 g/mol. The molecule has 2 heterocycles. The maximum absolute atomic E-state index is 5.89. The summed E-state index contributed by atoms with van der Waals surface area (Å²) in [5.74, 6) is 0. The van der Waals surface area contributed by atoms with Crippen molar-refractivity contribution in [2.75, 3.05) is 12.3 Å². The molecule has 19 heavy (non-hydrogen) atoms. The van der Waals surface area contributed by atoms with Crippen molar-refractivity contribution in [1.82, 2.24) is 4.90 Å². The van der Waals surface area contributed by atoms with Crippen LogP contribution < -0.4 is 5.73 Å². The number of thiophene rings is 1. The molecule has 2 nitrogen and oxygen atoms in total. The van der Waals surface area contributed by atoms with Gasteiger partial charge in [0.1, 0.15) is 0 Å². The molecule has 2 aliphatic rings. The number of rotatable bonds is 1. The third-order valence-corrected chi connectivity index (χ3v) is 5.51. The molecule has 0 amide bonds. The maximum atomic E-state index is 5.89. The first-order valence-corrected chi connectivity index (χ1v) is 7.87. The predicted octanol–water partition coefficient (Wildman–Crippen LogP) is 3.38. The molecule has 0 radical (unpaired) electrons. The molecule has 0 saturated heterocycles. The molecule has 0 bridgehead atoms. The van der Waals surface area contributed by atoms with E-state index in [-0.39, 0.29) is 0 Å². The number of fused-ring (bicyclic) bond motifs is 2. The minimum absolute atomic E-state index is 0.601. The third kappa shape index (κ3) is 1.88. The SMILES string of the molecule is Nc1ccc2c(c1)CCC2N1CCc2sccc2C1. The van der Waals surface area contributed by atoms with E-state index in [1.807, 2.05) is 11.3 Å². The third-order valence-electron chi connectivity index (χ3n) is 4.49. The number of nitrogens with zero attached hydrogens (tertiary/aromatic N) is 1. The number of nitrogens with two attached hydrogens (primary N) is 1. The van der Waals surface area contributed by atoms with E-state index in [2.05, 4.69) is 34.5 Å². The molecule has 1 unspecified atom stereocenters. The van der Waals surface area contributed by atoms with Gasteiger partial charge in [0.25, 0.3) is 0 Å². The standard InChI is InChI=1S/C16H18N2S/c17-13-2-3-14-11(9-13)1-4-15(14)18-7-5-16-12(10-18)6-8-19-16/h2-3,6,8-9,15H,1,4-5,7,10,17H2. The Morgan fingerprint density at radius 3 is 3.05 bits per heavy atom. The van der Waals surface area contributed by atoms with Crippen molar-refractivity contribution in [1.29, 1.82) is 0 Å². The molecule has 1 aromatic carbocycles. The van der Waals surface area contributed by atoms with E-state index in [0.717, 1.165) is 12.2 Å². The van der Waals surface area contributed by atoms with E-state index >= 15 is 0 Å². The molecule has 1 aromatic heterocycles. The summed E-state index contributed by atoms with van der Waals surface area (Å²) >= 11 is 1.91. The maximum Gasteiger partial charge on any atom is 0.0357 e. The molecule has 0 saturated carbocycles. The summed E-state index contributed by atoms with van der Waals surface area (Å²) in [5, 5.41) is 2.23. The monoisotopic (exact) mass is 270 g/mol. The molecule has 0 fully saturated rings. The molecule has 4 rings (SSSR count). The van der Waals surface area contributed by atoms with Gasteiger partial charge in [-0.2, -0.15) is 0 Å². The summed E-state index contributed by atoms with van der Waals surface area (Å²) in [5.41, 5.74) is 11.3. The molecule has 98 valence electrons. The summed E-state index contributed by atoms with van der Waals surface area (Å²) < 4.78 is 0. The largest absolute Gasteiger partial charge is 0.399 e. The number of hydrogen-bond acceptors (Lipinski definition) is 3. The van der Waals surface area contributed by atoms with E-state index < -0.39 is 0 Å². The van der Waals surface area contributed by atoms with Crippen LogP contribution in [0, 0.1) is 0 Å². The fourth-order valence-electron chi connectivity index (χ4n) is 3.53. The second-order valence-corrected chi connectivity index (χ2v) is 6.60. The Hall–Kier alpha value is -1.32. The topological polar surface area (TPSA) is 29.3 Å². The molecule has 3 heteroatoms. The van der Waals surface area contributed by atoms with Crippen LogP contribution in [0.1, 0.15) is 34.0 Å². The highest BCUT2D eigenvalue weighted by Gasteiger charge is 2.30. The Labute approximate surface area is 117 Å². The molecule has 2 aromatic rings. The number of anilines is 1. The Balaban J connectivity index is 1.63. The van der Waals surface area contributed by atoms with Crippen LogP contribution in [0.3, 0.4) is 0 Å². The Morgan fingerprint density at radius 2 is 2.11 bits per heavy atom. The van der Waals surface area contributed by atoms with Gasteiger partial charge in [-0.05, 0) is 59.5 Å². The normalized spacial score (nSPS) is 22.2. The Bertz CT molecular complexity index is 617. The van der Waals surface area contributed by atoms with Gasteiger partial charge in [0.2, 0.25) is 0 Å². The van der Waals surface area contributed by atoms with Gasteiger partial charge in [-0.1, -0.05) is 6.07 Å². The number of hydrogen-bond donors (Lipinski definition) is 1. The zero-order valence-electron chi connectivity index (χ0n) is 10.9. The molecule has 1 atom stereocenters. The van der Waals surface area contributed by atoms with Crippen molar-refractivity contribution in [3.63, 3.8) is 0 Å². The van der Waals surface area contributed by atoms with Crippen LogP contribution in [0.4, 0.5) is 5.69 Å². The van der Waals surface area contributed by atoms with Crippen LogP contribution >= 0.6 is 11.3 Å². The van der Waals surface area contributed by atoms with Gasteiger partial charge in [-0.15, -0.1) is 11.3 Å². The summed E-state index contributed by atoms with van der Waals surface area (Å²) in [4.78, 5) is 4.24. The zero-order chi connectivity index (χ0) is 12.8. The van der Waals surface area contributed by atoms with Gasteiger partial charge in [0.05, 0.1) is 0 Å². The van der Waals surface area contributed by atoms with Crippen molar-refractivity contribution in [2.45, 2.75) is 31.8 Å². The van der Waals surface area contributed by atoms with E-state index in [1.165, 1.54) is 36.9 Å². The first-order chi connectivity index (χ1) is 9.31. The number of nitrogen functional groups attached to an aromatic ring is 1. The summed E-state index contributed by atoms with van der Waals surface area (Å²) in [6.07, 6.45) is 3.64. The van der Waals surface area contributed by atoms with Gasteiger partial charge >= 0.3 is 0 Å². The molecule has 1 aliphatic heterocycles. The van der Waals surface area contributed by atoms with Crippen molar-refractivity contribution >= 4 is 17.0 Å². The molecule has 0 spiro atoms. The van der Waals surface area contributed by atoms with Gasteiger partial charge in [0.15, 0.2) is 0 Å². The van der Waals surface area contributed by atoms with Crippen molar-refractivity contribution in [3.05, 3.63) is 51.2 Å². The fraction of sp³-hybridized carbons (Fsp3) is 0.375. The van der Waals surface area contributed by atoms with Crippen molar-refractivity contribution < 1.29 is 0 Å². The second kappa shape index (κ2) is 4.36. The lowest BCUT2D eigenvalue weighted by atomic mass is 10.0. The van der Waals surface area contributed by atoms with Gasteiger partial charge in [-0.3, -0.25) is 4.90 Å². The lowest BCUT2D eigenvalue weighted by molar-refractivity contribution is 0.180. The predicted molar refractivity (Wildman–Crippen MR) is 80.3 cm³/mol. The van der Waals surface area contributed by atoms with Crippen LogP contribution in [0.25, 0.3) is 0 Å².